The van der Waals surface area contributed by atoms with Crippen molar-refractivity contribution in [3.05, 3.63) is 53.6 Å². The Hall–Kier alpha value is -2.07. The van der Waals surface area contributed by atoms with Gasteiger partial charge < -0.3 is 5.32 Å². The van der Waals surface area contributed by atoms with Crippen LogP contribution in [0.3, 0.4) is 0 Å². The Bertz CT molecular complexity index is 936. The lowest BCUT2D eigenvalue weighted by Gasteiger charge is -2.34. The van der Waals surface area contributed by atoms with Crippen molar-refractivity contribution in [3.8, 4) is 0 Å². The SMILES string of the molecule is CCCC1=Nc2cc(C(=O)N[C@@H]3CCC[C@H](C)[C@@H]3C)ccc2Sc2ccccc21. The highest BCUT2D eigenvalue weighted by Gasteiger charge is 2.28. The maximum absolute atomic E-state index is 13.0. The van der Waals surface area contributed by atoms with Gasteiger partial charge in [-0.15, -0.1) is 0 Å². The Balaban J connectivity index is 1.62. The normalized spacial score (nSPS) is 23.4. The van der Waals surface area contributed by atoms with Crippen molar-refractivity contribution in [2.75, 3.05) is 0 Å². The van der Waals surface area contributed by atoms with Crippen molar-refractivity contribution < 1.29 is 4.79 Å². The Morgan fingerprint density at radius 1 is 1.14 bits per heavy atom. The fraction of sp³-hybridized carbons (Fsp3) is 0.440. The van der Waals surface area contributed by atoms with E-state index in [4.69, 9.17) is 4.99 Å². The van der Waals surface area contributed by atoms with Crippen molar-refractivity contribution in [2.24, 2.45) is 16.8 Å². The van der Waals surface area contributed by atoms with Crippen LogP contribution in [-0.2, 0) is 0 Å². The van der Waals surface area contributed by atoms with Crippen LogP contribution in [0.4, 0.5) is 5.69 Å². The van der Waals surface area contributed by atoms with Gasteiger partial charge in [0.25, 0.3) is 5.91 Å². The average Bonchev–Trinajstić information content (AvgIpc) is 2.87. The molecule has 1 amide bonds. The molecule has 1 N–H and O–H groups in total. The molecule has 0 aromatic heterocycles. The van der Waals surface area contributed by atoms with Gasteiger partial charge in [-0.3, -0.25) is 9.79 Å². The zero-order valence-corrected chi connectivity index (χ0v) is 18.4. The number of rotatable bonds is 4. The summed E-state index contributed by atoms with van der Waals surface area (Å²) in [5.41, 5.74) is 3.95. The fourth-order valence-corrected chi connectivity index (χ4v) is 5.44. The highest BCUT2D eigenvalue weighted by atomic mass is 32.2. The van der Waals surface area contributed by atoms with E-state index in [2.05, 4.69) is 56.4 Å². The number of fused-ring (bicyclic) bond motifs is 2. The number of aliphatic imine (C=N–C) groups is 1. The molecule has 2 aromatic rings. The topological polar surface area (TPSA) is 41.5 Å². The number of nitrogens with zero attached hydrogens (tertiary/aromatic N) is 1. The first-order valence-electron chi connectivity index (χ1n) is 10.9. The summed E-state index contributed by atoms with van der Waals surface area (Å²) < 4.78 is 0. The molecule has 2 aromatic carbocycles. The van der Waals surface area contributed by atoms with E-state index in [9.17, 15) is 4.79 Å². The Morgan fingerprint density at radius 3 is 2.79 bits per heavy atom. The van der Waals surface area contributed by atoms with Crippen LogP contribution in [0.5, 0.6) is 0 Å². The van der Waals surface area contributed by atoms with Gasteiger partial charge >= 0.3 is 0 Å². The number of hydrogen-bond donors (Lipinski definition) is 1. The summed E-state index contributed by atoms with van der Waals surface area (Å²) in [7, 11) is 0. The molecule has 1 fully saturated rings. The van der Waals surface area contributed by atoms with Crippen LogP contribution in [0.25, 0.3) is 0 Å². The summed E-state index contributed by atoms with van der Waals surface area (Å²) in [6, 6.07) is 14.7. The summed E-state index contributed by atoms with van der Waals surface area (Å²) >= 11 is 1.74. The van der Waals surface area contributed by atoms with E-state index in [1.54, 1.807) is 11.8 Å². The molecule has 3 nitrogen and oxygen atoms in total. The maximum Gasteiger partial charge on any atom is 0.251 e. The van der Waals surface area contributed by atoms with E-state index in [-0.39, 0.29) is 11.9 Å². The lowest BCUT2D eigenvalue weighted by atomic mass is 9.78. The Labute approximate surface area is 178 Å². The molecule has 4 rings (SSSR count). The minimum Gasteiger partial charge on any atom is -0.349 e. The van der Waals surface area contributed by atoms with Crippen molar-refractivity contribution in [2.45, 2.75) is 68.7 Å². The van der Waals surface area contributed by atoms with Crippen LogP contribution in [-0.4, -0.2) is 17.7 Å². The fourth-order valence-electron chi connectivity index (χ4n) is 4.42. The first-order chi connectivity index (χ1) is 14.1. The molecule has 0 spiro atoms. The van der Waals surface area contributed by atoms with Crippen molar-refractivity contribution in [1.82, 2.24) is 5.32 Å². The molecule has 3 atom stereocenters. The minimum absolute atomic E-state index is 0.0257. The van der Waals surface area contributed by atoms with Crippen LogP contribution in [0.1, 0.15) is 68.8 Å². The lowest BCUT2D eigenvalue weighted by molar-refractivity contribution is 0.0891. The molecular formula is C25H30N2OS. The second-order valence-electron chi connectivity index (χ2n) is 8.44. The average molecular weight is 407 g/mol. The molecule has 29 heavy (non-hydrogen) atoms. The van der Waals surface area contributed by atoms with Gasteiger partial charge in [0.15, 0.2) is 0 Å². The molecular weight excluding hydrogens is 376 g/mol. The molecule has 1 heterocycles. The lowest BCUT2D eigenvalue weighted by Crippen LogP contribution is -2.43. The Kier molecular flexibility index (Phi) is 6.09. The zero-order chi connectivity index (χ0) is 20.4. The zero-order valence-electron chi connectivity index (χ0n) is 17.6. The van der Waals surface area contributed by atoms with Gasteiger partial charge in [-0.05, 0) is 48.9 Å². The van der Waals surface area contributed by atoms with Gasteiger partial charge in [0.2, 0.25) is 0 Å². The van der Waals surface area contributed by atoms with Crippen LogP contribution >= 0.6 is 11.8 Å². The smallest absolute Gasteiger partial charge is 0.251 e. The molecule has 0 unspecified atom stereocenters. The van der Waals surface area contributed by atoms with E-state index in [1.165, 1.54) is 23.3 Å². The quantitative estimate of drug-likeness (QED) is 0.619. The van der Waals surface area contributed by atoms with E-state index in [0.29, 0.717) is 17.4 Å². The van der Waals surface area contributed by atoms with Gasteiger partial charge in [0.05, 0.1) is 5.69 Å². The number of benzene rings is 2. The number of carbonyl (C=O) groups is 1. The summed E-state index contributed by atoms with van der Waals surface area (Å²) in [5, 5.41) is 3.30. The van der Waals surface area contributed by atoms with Gasteiger partial charge in [0.1, 0.15) is 0 Å². The van der Waals surface area contributed by atoms with E-state index in [0.717, 1.165) is 35.6 Å². The molecule has 152 valence electrons. The van der Waals surface area contributed by atoms with Crippen LogP contribution in [0.2, 0.25) is 0 Å². The first-order valence-corrected chi connectivity index (χ1v) is 11.7. The van der Waals surface area contributed by atoms with Crippen LogP contribution in [0, 0.1) is 11.8 Å². The number of hydrogen-bond acceptors (Lipinski definition) is 3. The van der Waals surface area contributed by atoms with E-state index in [1.807, 2.05) is 12.1 Å². The Morgan fingerprint density at radius 2 is 1.97 bits per heavy atom. The largest absolute Gasteiger partial charge is 0.349 e. The van der Waals surface area contributed by atoms with Crippen molar-refractivity contribution >= 4 is 29.1 Å². The monoisotopic (exact) mass is 406 g/mol. The summed E-state index contributed by atoms with van der Waals surface area (Å²) in [6.45, 7) is 6.74. The maximum atomic E-state index is 13.0. The van der Waals surface area contributed by atoms with Gasteiger partial charge in [0, 0.05) is 32.7 Å². The third-order valence-corrected chi connectivity index (χ3v) is 7.55. The number of amides is 1. The first kappa shape index (κ1) is 20.2. The van der Waals surface area contributed by atoms with Gasteiger partial charge in [-0.1, -0.05) is 70.0 Å². The van der Waals surface area contributed by atoms with E-state index >= 15 is 0 Å². The second kappa shape index (κ2) is 8.74. The highest BCUT2D eigenvalue weighted by molar-refractivity contribution is 7.99. The predicted octanol–water partition coefficient (Wildman–Crippen LogP) is 6.63. The molecule has 0 radical (unpaired) electrons. The molecule has 1 saturated carbocycles. The minimum atomic E-state index is 0.0257. The molecule has 0 bridgehead atoms. The molecule has 1 aliphatic heterocycles. The second-order valence-corrected chi connectivity index (χ2v) is 9.52. The van der Waals surface area contributed by atoms with Gasteiger partial charge in [-0.25, -0.2) is 0 Å². The van der Waals surface area contributed by atoms with Crippen molar-refractivity contribution in [3.63, 3.8) is 0 Å². The summed E-state index contributed by atoms with van der Waals surface area (Å²) in [4.78, 5) is 20.3. The van der Waals surface area contributed by atoms with E-state index < -0.39 is 0 Å². The summed E-state index contributed by atoms with van der Waals surface area (Å²) in [6.07, 6.45) is 5.52. The molecule has 0 saturated heterocycles. The number of carbonyl (C=O) groups excluding carboxylic acids is 1. The third kappa shape index (κ3) is 4.28. The standard InChI is InChI=1S/C25H30N2OS/c1-4-8-21-19-10-5-6-12-23(19)29-24-14-13-18(15-22(24)26-21)25(28)27-20-11-7-9-16(2)17(20)3/h5-6,10,12-17,20H,4,7-9,11H2,1-3H3,(H,27,28)/t16-,17-,20+/m0/s1. The van der Waals surface area contributed by atoms with Gasteiger partial charge in [-0.2, -0.15) is 0 Å². The third-order valence-electron chi connectivity index (χ3n) is 6.40. The van der Waals surface area contributed by atoms with Crippen LogP contribution < -0.4 is 5.32 Å². The highest BCUT2D eigenvalue weighted by Crippen LogP contribution is 2.41. The molecule has 2 aliphatic rings. The molecule has 1 aliphatic carbocycles. The summed E-state index contributed by atoms with van der Waals surface area (Å²) in [5.74, 6) is 1.21. The number of nitrogens with one attached hydrogen (secondary N) is 1. The van der Waals surface area contributed by atoms with Crippen molar-refractivity contribution in [1.29, 1.82) is 0 Å². The predicted molar refractivity (Wildman–Crippen MR) is 122 cm³/mol. The van der Waals surface area contributed by atoms with Crippen LogP contribution in [0.15, 0.2) is 57.2 Å². The molecule has 4 heteroatoms.